The van der Waals surface area contributed by atoms with Gasteiger partial charge in [-0.3, -0.25) is 0 Å². The first-order valence-electron chi connectivity index (χ1n) is 4.11. The molecule has 0 amide bonds. The molecule has 0 spiro atoms. The molecule has 0 saturated carbocycles. The van der Waals surface area contributed by atoms with Gasteiger partial charge in [-0.2, -0.15) is 0 Å². The lowest BCUT2D eigenvalue weighted by molar-refractivity contribution is 0.257. The molecule has 0 aromatic heterocycles. The van der Waals surface area contributed by atoms with Crippen molar-refractivity contribution >= 4 is 0 Å². The lowest BCUT2D eigenvalue weighted by Gasteiger charge is -2.26. The van der Waals surface area contributed by atoms with Crippen molar-refractivity contribution in [3.63, 3.8) is 0 Å². The molecule has 1 fully saturated rings. The van der Waals surface area contributed by atoms with E-state index in [4.69, 9.17) is 0 Å². The van der Waals surface area contributed by atoms with Crippen LogP contribution in [0.3, 0.4) is 0 Å². The maximum atomic E-state index is 13.0. The van der Waals surface area contributed by atoms with E-state index < -0.39 is 6.17 Å². The van der Waals surface area contributed by atoms with Gasteiger partial charge in [-0.05, 0) is 20.8 Å². The molecule has 11 heavy (non-hydrogen) atoms. The normalized spacial score (nSPS) is 32.7. The minimum atomic E-state index is -0.728. The molecule has 2 nitrogen and oxygen atoms in total. The van der Waals surface area contributed by atoms with E-state index in [1.807, 2.05) is 0 Å². The van der Waals surface area contributed by atoms with E-state index in [0.717, 1.165) is 6.54 Å². The van der Waals surface area contributed by atoms with E-state index in [1.165, 1.54) is 0 Å². The molecular weight excluding hydrogens is 143 g/mol. The fourth-order valence-electron chi connectivity index (χ4n) is 1.34. The minimum absolute atomic E-state index is 0.00463. The van der Waals surface area contributed by atoms with Gasteiger partial charge >= 0.3 is 0 Å². The molecule has 3 heteroatoms. The standard InChI is InChI=1S/C8H17FN2/c1-8(2,3)11-7-5-10-4-6(7)9/h6-7,10-11H,4-5H2,1-3H3/t6-,7-/m0/s1. The molecule has 66 valence electrons. The Bertz CT molecular complexity index is 131. The number of hydrogen-bond donors (Lipinski definition) is 2. The zero-order chi connectivity index (χ0) is 8.48. The van der Waals surface area contributed by atoms with E-state index >= 15 is 0 Å². The van der Waals surface area contributed by atoms with Gasteiger partial charge in [0.1, 0.15) is 6.17 Å². The van der Waals surface area contributed by atoms with E-state index in [1.54, 1.807) is 0 Å². The molecule has 0 bridgehead atoms. The maximum absolute atomic E-state index is 13.0. The first kappa shape index (κ1) is 8.94. The highest BCUT2D eigenvalue weighted by molar-refractivity contribution is 4.90. The Morgan fingerprint density at radius 1 is 1.36 bits per heavy atom. The number of hydrogen-bond acceptors (Lipinski definition) is 2. The molecule has 0 aliphatic carbocycles. The van der Waals surface area contributed by atoms with Crippen molar-refractivity contribution in [3.05, 3.63) is 0 Å². The molecule has 1 heterocycles. The Hall–Kier alpha value is -0.150. The average Bonchev–Trinajstić information content (AvgIpc) is 2.12. The summed E-state index contributed by atoms with van der Waals surface area (Å²) in [6.45, 7) is 7.40. The van der Waals surface area contributed by atoms with Crippen molar-refractivity contribution in [1.29, 1.82) is 0 Å². The van der Waals surface area contributed by atoms with E-state index in [0.29, 0.717) is 6.54 Å². The van der Waals surface area contributed by atoms with Crippen LogP contribution in [-0.2, 0) is 0 Å². The predicted molar refractivity (Wildman–Crippen MR) is 44.4 cm³/mol. The number of rotatable bonds is 1. The zero-order valence-corrected chi connectivity index (χ0v) is 7.45. The molecular formula is C8H17FN2. The molecule has 0 aromatic rings. The van der Waals surface area contributed by atoms with Crippen LogP contribution in [0.2, 0.25) is 0 Å². The van der Waals surface area contributed by atoms with Gasteiger partial charge in [-0.25, -0.2) is 4.39 Å². The van der Waals surface area contributed by atoms with Crippen molar-refractivity contribution in [2.45, 2.75) is 38.5 Å². The SMILES string of the molecule is CC(C)(C)N[C@H]1CNC[C@@H]1F. The van der Waals surface area contributed by atoms with Crippen LogP contribution >= 0.6 is 0 Å². The lowest BCUT2D eigenvalue weighted by atomic mass is 10.1. The van der Waals surface area contributed by atoms with E-state index in [2.05, 4.69) is 31.4 Å². The third-order valence-corrected chi connectivity index (χ3v) is 1.76. The summed E-state index contributed by atoms with van der Waals surface area (Å²) in [6, 6.07) is -0.00463. The predicted octanol–water partition coefficient (Wildman–Crippen LogP) is 0.684. The largest absolute Gasteiger partial charge is 0.312 e. The fraction of sp³-hybridized carbons (Fsp3) is 1.00. The van der Waals surface area contributed by atoms with Crippen molar-refractivity contribution in [1.82, 2.24) is 10.6 Å². The Balaban J connectivity index is 2.37. The Labute approximate surface area is 67.6 Å². The number of halogens is 1. The van der Waals surface area contributed by atoms with Crippen LogP contribution in [0.25, 0.3) is 0 Å². The molecule has 2 N–H and O–H groups in total. The summed E-state index contributed by atoms with van der Waals surface area (Å²) < 4.78 is 13.0. The van der Waals surface area contributed by atoms with Crippen LogP contribution in [0.1, 0.15) is 20.8 Å². The quantitative estimate of drug-likeness (QED) is 0.589. The van der Waals surface area contributed by atoms with Crippen molar-refractivity contribution in [2.75, 3.05) is 13.1 Å². The zero-order valence-electron chi connectivity index (χ0n) is 7.45. The van der Waals surface area contributed by atoms with Crippen molar-refractivity contribution in [3.8, 4) is 0 Å². The Morgan fingerprint density at radius 2 is 2.00 bits per heavy atom. The second-order valence-corrected chi connectivity index (χ2v) is 4.18. The van der Waals surface area contributed by atoms with Gasteiger partial charge in [-0.15, -0.1) is 0 Å². The van der Waals surface area contributed by atoms with Gasteiger partial charge in [0.15, 0.2) is 0 Å². The van der Waals surface area contributed by atoms with Crippen molar-refractivity contribution in [2.24, 2.45) is 0 Å². The van der Waals surface area contributed by atoms with E-state index in [9.17, 15) is 4.39 Å². The first-order valence-corrected chi connectivity index (χ1v) is 4.11. The molecule has 1 aliphatic rings. The van der Waals surface area contributed by atoms with Gasteiger partial charge < -0.3 is 10.6 Å². The second-order valence-electron chi connectivity index (χ2n) is 4.18. The highest BCUT2D eigenvalue weighted by Gasteiger charge is 2.29. The molecule has 0 radical (unpaired) electrons. The van der Waals surface area contributed by atoms with Gasteiger partial charge in [0.2, 0.25) is 0 Å². The monoisotopic (exact) mass is 160 g/mol. The summed E-state index contributed by atoms with van der Waals surface area (Å²) in [5.41, 5.74) is 0.0149. The van der Waals surface area contributed by atoms with Crippen LogP contribution < -0.4 is 10.6 Å². The molecule has 0 unspecified atom stereocenters. The molecule has 1 saturated heterocycles. The van der Waals surface area contributed by atoms with Crippen LogP contribution in [-0.4, -0.2) is 30.8 Å². The summed E-state index contributed by atoms with van der Waals surface area (Å²) in [7, 11) is 0. The summed E-state index contributed by atoms with van der Waals surface area (Å²) >= 11 is 0. The maximum Gasteiger partial charge on any atom is 0.129 e. The van der Waals surface area contributed by atoms with Crippen LogP contribution in [0.15, 0.2) is 0 Å². The molecule has 0 aromatic carbocycles. The Kier molecular flexibility index (Phi) is 2.50. The van der Waals surface area contributed by atoms with Crippen LogP contribution in [0.5, 0.6) is 0 Å². The Morgan fingerprint density at radius 3 is 2.36 bits per heavy atom. The van der Waals surface area contributed by atoms with Crippen LogP contribution in [0, 0.1) is 0 Å². The highest BCUT2D eigenvalue weighted by atomic mass is 19.1. The lowest BCUT2D eigenvalue weighted by Crippen LogP contribution is -2.48. The molecule has 2 atom stereocenters. The average molecular weight is 160 g/mol. The van der Waals surface area contributed by atoms with E-state index in [-0.39, 0.29) is 11.6 Å². The second kappa shape index (κ2) is 3.07. The van der Waals surface area contributed by atoms with Gasteiger partial charge in [-0.1, -0.05) is 0 Å². The number of nitrogens with one attached hydrogen (secondary N) is 2. The summed E-state index contributed by atoms with van der Waals surface area (Å²) in [5, 5.41) is 6.24. The summed E-state index contributed by atoms with van der Waals surface area (Å²) in [6.07, 6.45) is -0.728. The third kappa shape index (κ3) is 2.75. The fourth-order valence-corrected chi connectivity index (χ4v) is 1.34. The highest BCUT2D eigenvalue weighted by Crippen LogP contribution is 2.09. The summed E-state index contributed by atoms with van der Waals surface area (Å²) in [5.74, 6) is 0. The topological polar surface area (TPSA) is 24.1 Å². The third-order valence-electron chi connectivity index (χ3n) is 1.76. The molecule has 1 aliphatic heterocycles. The van der Waals surface area contributed by atoms with Crippen LogP contribution in [0.4, 0.5) is 4.39 Å². The smallest absolute Gasteiger partial charge is 0.129 e. The summed E-state index contributed by atoms with van der Waals surface area (Å²) in [4.78, 5) is 0. The van der Waals surface area contributed by atoms with Gasteiger partial charge in [0, 0.05) is 18.6 Å². The van der Waals surface area contributed by atoms with Gasteiger partial charge in [0.25, 0.3) is 0 Å². The van der Waals surface area contributed by atoms with Crippen molar-refractivity contribution < 1.29 is 4.39 Å². The number of alkyl halides is 1. The minimum Gasteiger partial charge on any atom is -0.312 e. The first-order chi connectivity index (χ1) is 4.99. The molecule has 1 rings (SSSR count). The van der Waals surface area contributed by atoms with Gasteiger partial charge in [0.05, 0.1) is 6.04 Å².